The van der Waals surface area contributed by atoms with Gasteiger partial charge in [-0.25, -0.2) is 4.79 Å². The number of benzene rings is 1. The van der Waals surface area contributed by atoms with Gasteiger partial charge in [-0.3, -0.25) is 4.79 Å². The number of hydrogen-bond acceptors (Lipinski definition) is 3. The molecular formula is C13H14ClNO3. The van der Waals surface area contributed by atoms with Gasteiger partial charge in [0.2, 0.25) is 5.91 Å². The fourth-order valence-electron chi connectivity index (χ4n) is 1.24. The minimum atomic E-state index is -0.669. The lowest BCUT2D eigenvalue weighted by Gasteiger charge is -2.09. The highest BCUT2D eigenvalue weighted by Crippen LogP contribution is 2.10. The summed E-state index contributed by atoms with van der Waals surface area (Å²) in [5.41, 5.74) is 0.847. The summed E-state index contributed by atoms with van der Waals surface area (Å²) in [6.45, 7) is 1.56. The molecule has 1 unspecified atom stereocenters. The molecule has 1 amide bonds. The van der Waals surface area contributed by atoms with E-state index in [1.807, 2.05) is 0 Å². The van der Waals surface area contributed by atoms with Crippen LogP contribution in [0, 0.1) is 0 Å². The third-order valence-electron chi connectivity index (χ3n) is 2.21. The second-order valence-corrected chi connectivity index (χ2v) is 4.07. The Labute approximate surface area is 111 Å². The molecule has 5 heteroatoms. The topological polar surface area (TPSA) is 55.4 Å². The molecule has 0 aromatic heterocycles. The second kappa shape index (κ2) is 6.81. The molecule has 0 saturated carbocycles. The van der Waals surface area contributed by atoms with Gasteiger partial charge in [0.15, 0.2) is 0 Å². The number of ether oxygens (including phenoxy) is 1. The summed E-state index contributed by atoms with van der Waals surface area (Å²) >= 11 is 5.74. The first-order valence-electron chi connectivity index (χ1n) is 5.35. The number of carbonyl (C=O) groups excluding carboxylic acids is 2. The molecule has 0 radical (unpaired) electrons. The Morgan fingerprint density at radius 1 is 1.33 bits per heavy atom. The lowest BCUT2D eigenvalue weighted by atomic mass is 10.2. The van der Waals surface area contributed by atoms with Gasteiger partial charge in [-0.15, -0.1) is 0 Å². The van der Waals surface area contributed by atoms with Crippen molar-refractivity contribution in [3.63, 3.8) is 0 Å². The van der Waals surface area contributed by atoms with Gasteiger partial charge in [0, 0.05) is 11.1 Å². The van der Waals surface area contributed by atoms with Crippen molar-refractivity contribution in [1.82, 2.24) is 5.32 Å². The van der Waals surface area contributed by atoms with Gasteiger partial charge in [0.05, 0.1) is 7.11 Å². The van der Waals surface area contributed by atoms with Gasteiger partial charge in [0.25, 0.3) is 0 Å². The Bertz CT molecular complexity index is 454. The SMILES string of the molecule is COC(=O)C(C)NC(=O)/C=C/c1ccc(Cl)cc1. The zero-order chi connectivity index (χ0) is 13.5. The van der Waals surface area contributed by atoms with E-state index in [0.717, 1.165) is 5.56 Å². The Balaban J connectivity index is 2.54. The monoisotopic (exact) mass is 267 g/mol. The minimum absolute atomic E-state index is 0.358. The van der Waals surface area contributed by atoms with Crippen LogP contribution in [0.1, 0.15) is 12.5 Å². The second-order valence-electron chi connectivity index (χ2n) is 3.64. The Kier molecular flexibility index (Phi) is 5.39. The number of amides is 1. The van der Waals surface area contributed by atoms with Crippen LogP contribution in [0.15, 0.2) is 30.3 Å². The van der Waals surface area contributed by atoms with E-state index in [4.69, 9.17) is 11.6 Å². The van der Waals surface area contributed by atoms with Crippen LogP contribution in [0.3, 0.4) is 0 Å². The molecular weight excluding hydrogens is 254 g/mol. The molecule has 1 N–H and O–H groups in total. The van der Waals surface area contributed by atoms with Crippen LogP contribution in [0.25, 0.3) is 6.08 Å². The smallest absolute Gasteiger partial charge is 0.328 e. The van der Waals surface area contributed by atoms with Crippen molar-refractivity contribution >= 4 is 29.6 Å². The number of nitrogens with one attached hydrogen (secondary N) is 1. The van der Waals surface area contributed by atoms with Crippen LogP contribution in [-0.4, -0.2) is 25.0 Å². The molecule has 0 heterocycles. The Morgan fingerprint density at radius 3 is 2.50 bits per heavy atom. The normalized spacial score (nSPS) is 12.2. The summed E-state index contributed by atoms with van der Waals surface area (Å²) < 4.78 is 4.50. The fraction of sp³-hybridized carbons (Fsp3) is 0.231. The number of carbonyl (C=O) groups is 2. The van der Waals surface area contributed by atoms with E-state index in [1.165, 1.54) is 13.2 Å². The first kappa shape index (κ1) is 14.3. The number of esters is 1. The van der Waals surface area contributed by atoms with E-state index in [0.29, 0.717) is 5.02 Å². The van der Waals surface area contributed by atoms with Gasteiger partial charge < -0.3 is 10.1 Å². The van der Waals surface area contributed by atoms with Gasteiger partial charge in [0.1, 0.15) is 6.04 Å². The van der Waals surface area contributed by atoms with Crippen molar-refractivity contribution in [2.45, 2.75) is 13.0 Å². The van der Waals surface area contributed by atoms with E-state index in [-0.39, 0.29) is 5.91 Å². The Hall–Kier alpha value is -1.81. The number of rotatable bonds is 4. The summed E-state index contributed by atoms with van der Waals surface area (Å²) in [5.74, 6) is -0.842. The average molecular weight is 268 g/mol. The van der Waals surface area contributed by atoms with Crippen LogP contribution < -0.4 is 5.32 Å². The zero-order valence-electron chi connectivity index (χ0n) is 10.1. The van der Waals surface area contributed by atoms with Crippen molar-refractivity contribution in [3.05, 3.63) is 40.9 Å². The molecule has 0 aliphatic rings. The van der Waals surface area contributed by atoms with Crippen molar-refractivity contribution in [2.24, 2.45) is 0 Å². The van der Waals surface area contributed by atoms with E-state index in [1.54, 1.807) is 37.3 Å². The van der Waals surface area contributed by atoms with Crippen molar-refractivity contribution in [3.8, 4) is 0 Å². The molecule has 0 aliphatic heterocycles. The molecule has 1 aromatic rings. The predicted octanol–water partition coefficient (Wildman–Crippen LogP) is 2.03. The number of methoxy groups -OCH3 is 1. The summed E-state index contributed by atoms with van der Waals surface area (Å²) in [5, 5.41) is 3.12. The molecule has 0 bridgehead atoms. The molecule has 4 nitrogen and oxygen atoms in total. The third-order valence-corrected chi connectivity index (χ3v) is 2.46. The summed E-state index contributed by atoms with van der Waals surface area (Å²) in [4.78, 5) is 22.6. The highest BCUT2D eigenvalue weighted by atomic mass is 35.5. The molecule has 96 valence electrons. The lowest BCUT2D eigenvalue weighted by Crippen LogP contribution is -2.38. The van der Waals surface area contributed by atoms with Gasteiger partial charge >= 0.3 is 5.97 Å². The van der Waals surface area contributed by atoms with Crippen LogP contribution >= 0.6 is 11.6 Å². The molecule has 0 spiro atoms. The van der Waals surface area contributed by atoms with Crippen LogP contribution in [0.4, 0.5) is 0 Å². The van der Waals surface area contributed by atoms with Gasteiger partial charge in [-0.05, 0) is 30.7 Å². The number of hydrogen-bond donors (Lipinski definition) is 1. The first-order chi connectivity index (χ1) is 8.52. The maximum Gasteiger partial charge on any atom is 0.328 e. The third kappa shape index (κ3) is 4.59. The van der Waals surface area contributed by atoms with E-state index >= 15 is 0 Å². The highest BCUT2D eigenvalue weighted by Gasteiger charge is 2.13. The highest BCUT2D eigenvalue weighted by molar-refractivity contribution is 6.30. The first-order valence-corrected chi connectivity index (χ1v) is 5.72. The quantitative estimate of drug-likeness (QED) is 0.671. The number of halogens is 1. The molecule has 0 saturated heterocycles. The fourth-order valence-corrected chi connectivity index (χ4v) is 1.37. The molecule has 0 aliphatic carbocycles. The molecule has 1 aromatic carbocycles. The molecule has 1 atom stereocenters. The molecule has 18 heavy (non-hydrogen) atoms. The van der Waals surface area contributed by atoms with Crippen molar-refractivity contribution < 1.29 is 14.3 Å². The van der Waals surface area contributed by atoms with Crippen molar-refractivity contribution in [1.29, 1.82) is 0 Å². The average Bonchev–Trinajstić information content (AvgIpc) is 2.37. The predicted molar refractivity (Wildman–Crippen MR) is 70.1 cm³/mol. The van der Waals surface area contributed by atoms with Crippen LogP contribution in [-0.2, 0) is 14.3 Å². The molecule has 1 rings (SSSR count). The van der Waals surface area contributed by atoms with Crippen LogP contribution in [0.5, 0.6) is 0 Å². The summed E-state index contributed by atoms with van der Waals surface area (Å²) in [6.07, 6.45) is 2.98. The summed E-state index contributed by atoms with van der Waals surface area (Å²) in [6, 6.07) is 6.37. The standard InChI is InChI=1S/C13H14ClNO3/c1-9(13(17)18-2)15-12(16)8-5-10-3-6-11(14)7-4-10/h3-9H,1-2H3,(H,15,16)/b8-5+. The van der Waals surface area contributed by atoms with Gasteiger partial charge in [-0.1, -0.05) is 23.7 Å². The zero-order valence-corrected chi connectivity index (χ0v) is 10.9. The molecule has 0 fully saturated rings. The van der Waals surface area contributed by atoms with E-state index < -0.39 is 12.0 Å². The maximum absolute atomic E-state index is 11.5. The maximum atomic E-state index is 11.5. The Morgan fingerprint density at radius 2 is 1.94 bits per heavy atom. The van der Waals surface area contributed by atoms with Gasteiger partial charge in [-0.2, -0.15) is 0 Å². The van der Waals surface area contributed by atoms with E-state index in [2.05, 4.69) is 10.1 Å². The van der Waals surface area contributed by atoms with E-state index in [9.17, 15) is 9.59 Å². The largest absolute Gasteiger partial charge is 0.467 e. The van der Waals surface area contributed by atoms with Crippen molar-refractivity contribution in [2.75, 3.05) is 7.11 Å². The van der Waals surface area contributed by atoms with Crippen LogP contribution in [0.2, 0.25) is 5.02 Å². The lowest BCUT2D eigenvalue weighted by molar-refractivity contribution is -0.144. The minimum Gasteiger partial charge on any atom is -0.467 e. The summed E-state index contributed by atoms with van der Waals surface area (Å²) in [7, 11) is 1.27.